The van der Waals surface area contributed by atoms with Gasteiger partial charge >= 0.3 is 0 Å². The predicted octanol–water partition coefficient (Wildman–Crippen LogP) is 1.93. The minimum atomic E-state index is -0.715. The molecule has 0 radical (unpaired) electrons. The Balaban J connectivity index is 2.22. The van der Waals surface area contributed by atoms with Gasteiger partial charge < -0.3 is 0 Å². The SMILES string of the molecule is CCNC(C#N)(CSc1ncn[nH]1)c1ccccc1. The van der Waals surface area contributed by atoms with E-state index in [1.807, 2.05) is 37.3 Å². The molecule has 0 saturated heterocycles. The van der Waals surface area contributed by atoms with Crippen molar-refractivity contribution in [2.45, 2.75) is 17.6 Å². The second-order valence-electron chi connectivity index (χ2n) is 3.99. The predicted molar refractivity (Wildman–Crippen MR) is 74.5 cm³/mol. The number of nitrogens with one attached hydrogen (secondary N) is 2. The molecule has 0 amide bonds. The van der Waals surface area contributed by atoms with Gasteiger partial charge in [0.05, 0.1) is 6.07 Å². The number of nitriles is 1. The highest BCUT2D eigenvalue weighted by Gasteiger charge is 2.31. The molecular weight excluding hydrogens is 258 g/mol. The van der Waals surface area contributed by atoms with Crippen molar-refractivity contribution in [1.82, 2.24) is 20.5 Å². The standard InChI is InChI=1S/C13H15N5S/c1-2-16-13(8-14,11-6-4-3-5-7-11)9-19-12-15-10-17-18-12/h3-7,10,16H,2,9H2,1H3,(H,15,17,18). The Bertz CT molecular complexity index is 534. The maximum absolute atomic E-state index is 9.62. The van der Waals surface area contributed by atoms with Crippen LogP contribution in [-0.4, -0.2) is 27.5 Å². The molecule has 1 aromatic carbocycles. The molecule has 0 aliphatic rings. The Morgan fingerprint density at radius 3 is 2.79 bits per heavy atom. The molecule has 1 unspecified atom stereocenters. The van der Waals surface area contributed by atoms with Gasteiger partial charge in [-0.15, -0.1) is 0 Å². The van der Waals surface area contributed by atoms with Crippen LogP contribution in [0.15, 0.2) is 41.8 Å². The first kappa shape index (κ1) is 13.6. The molecule has 1 atom stereocenters. The third-order valence-electron chi connectivity index (χ3n) is 2.75. The highest BCUT2D eigenvalue weighted by atomic mass is 32.2. The van der Waals surface area contributed by atoms with E-state index in [-0.39, 0.29) is 0 Å². The molecule has 98 valence electrons. The van der Waals surface area contributed by atoms with Gasteiger partial charge in [0.25, 0.3) is 0 Å². The molecule has 2 aromatic rings. The molecule has 1 heterocycles. The number of hydrogen-bond donors (Lipinski definition) is 2. The van der Waals surface area contributed by atoms with Crippen molar-refractivity contribution in [3.8, 4) is 6.07 Å². The second-order valence-corrected chi connectivity index (χ2v) is 4.96. The molecule has 0 spiro atoms. The van der Waals surface area contributed by atoms with Gasteiger partial charge in [-0.05, 0) is 12.1 Å². The number of nitrogens with zero attached hydrogens (tertiary/aromatic N) is 3. The molecule has 0 fully saturated rings. The topological polar surface area (TPSA) is 77.4 Å². The smallest absolute Gasteiger partial charge is 0.183 e. The third kappa shape index (κ3) is 3.13. The number of aromatic nitrogens is 3. The fraction of sp³-hybridized carbons (Fsp3) is 0.308. The van der Waals surface area contributed by atoms with Crippen molar-refractivity contribution in [1.29, 1.82) is 5.26 Å². The second kappa shape index (κ2) is 6.36. The monoisotopic (exact) mass is 273 g/mol. The van der Waals surface area contributed by atoms with E-state index in [4.69, 9.17) is 0 Å². The molecule has 0 saturated carbocycles. The van der Waals surface area contributed by atoms with Gasteiger partial charge in [0.15, 0.2) is 5.16 Å². The summed E-state index contributed by atoms with van der Waals surface area (Å²) in [6.45, 7) is 2.72. The summed E-state index contributed by atoms with van der Waals surface area (Å²) in [5, 5.41) is 20.2. The summed E-state index contributed by atoms with van der Waals surface area (Å²) in [6, 6.07) is 12.2. The van der Waals surface area contributed by atoms with E-state index < -0.39 is 5.54 Å². The lowest BCUT2D eigenvalue weighted by Gasteiger charge is -2.27. The Hall–Kier alpha value is -1.84. The maximum atomic E-state index is 9.62. The summed E-state index contributed by atoms with van der Waals surface area (Å²) in [5.74, 6) is 0.566. The van der Waals surface area contributed by atoms with E-state index in [1.54, 1.807) is 0 Å². The number of H-pyrrole nitrogens is 1. The van der Waals surface area contributed by atoms with Gasteiger partial charge in [-0.1, -0.05) is 49.0 Å². The molecule has 0 aliphatic carbocycles. The van der Waals surface area contributed by atoms with Crippen molar-refractivity contribution >= 4 is 11.8 Å². The van der Waals surface area contributed by atoms with Crippen LogP contribution >= 0.6 is 11.8 Å². The van der Waals surface area contributed by atoms with Crippen molar-refractivity contribution < 1.29 is 0 Å². The Morgan fingerprint density at radius 1 is 1.42 bits per heavy atom. The highest BCUT2D eigenvalue weighted by Crippen LogP contribution is 2.27. The van der Waals surface area contributed by atoms with Crippen molar-refractivity contribution in [3.05, 3.63) is 42.2 Å². The van der Waals surface area contributed by atoms with Gasteiger partial charge in [0.2, 0.25) is 0 Å². The minimum Gasteiger partial charge on any atom is -0.295 e. The molecule has 0 bridgehead atoms. The number of hydrogen-bond acceptors (Lipinski definition) is 5. The normalized spacial score (nSPS) is 13.7. The van der Waals surface area contributed by atoms with Crippen LogP contribution in [0.3, 0.4) is 0 Å². The lowest BCUT2D eigenvalue weighted by molar-refractivity contribution is 0.490. The molecule has 1 aromatic heterocycles. The van der Waals surface area contributed by atoms with Gasteiger partial charge in [-0.3, -0.25) is 10.4 Å². The first-order valence-electron chi connectivity index (χ1n) is 6.00. The van der Waals surface area contributed by atoms with Crippen LogP contribution in [-0.2, 0) is 5.54 Å². The van der Waals surface area contributed by atoms with Crippen LogP contribution in [0.25, 0.3) is 0 Å². The summed E-state index contributed by atoms with van der Waals surface area (Å²) in [6.07, 6.45) is 1.46. The van der Waals surface area contributed by atoms with Crippen LogP contribution in [0, 0.1) is 11.3 Å². The summed E-state index contributed by atoms with van der Waals surface area (Å²) in [5.41, 5.74) is 0.249. The van der Waals surface area contributed by atoms with Gasteiger partial charge in [-0.25, -0.2) is 4.98 Å². The van der Waals surface area contributed by atoms with Crippen LogP contribution < -0.4 is 5.32 Å². The van der Waals surface area contributed by atoms with E-state index >= 15 is 0 Å². The number of rotatable bonds is 6. The lowest BCUT2D eigenvalue weighted by atomic mass is 9.93. The first-order valence-corrected chi connectivity index (χ1v) is 6.99. The van der Waals surface area contributed by atoms with E-state index in [0.29, 0.717) is 10.9 Å². The van der Waals surface area contributed by atoms with Gasteiger partial charge in [-0.2, -0.15) is 10.4 Å². The maximum Gasteiger partial charge on any atom is 0.183 e. The van der Waals surface area contributed by atoms with Crippen LogP contribution in [0.4, 0.5) is 0 Å². The molecule has 5 nitrogen and oxygen atoms in total. The fourth-order valence-electron chi connectivity index (χ4n) is 1.84. The van der Waals surface area contributed by atoms with E-state index in [0.717, 1.165) is 12.1 Å². The molecule has 19 heavy (non-hydrogen) atoms. The largest absolute Gasteiger partial charge is 0.295 e. The first-order chi connectivity index (χ1) is 9.30. The minimum absolute atomic E-state index is 0.566. The lowest BCUT2D eigenvalue weighted by Crippen LogP contribution is -2.43. The number of aromatic amines is 1. The molecule has 2 rings (SSSR count). The van der Waals surface area contributed by atoms with Gasteiger partial charge in [0, 0.05) is 5.75 Å². The molecule has 6 heteroatoms. The van der Waals surface area contributed by atoms with Gasteiger partial charge in [0.1, 0.15) is 11.9 Å². The average Bonchev–Trinajstić information content (AvgIpc) is 2.98. The quantitative estimate of drug-likeness (QED) is 0.786. The van der Waals surface area contributed by atoms with Crippen molar-refractivity contribution in [2.24, 2.45) is 0 Å². The van der Waals surface area contributed by atoms with Crippen molar-refractivity contribution in [3.63, 3.8) is 0 Å². The zero-order chi connectivity index (χ0) is 13.6. The third-order valence-corrected chi connectivity index (χ3v) is 3.80. The molecule has 0 aliphatic heterocycles. The highest BCUT2D eigenvalue weighted by molar-refractivity contribution is 7.99. The van der Waals surface area contributed by atoms with Crippen molar-refractivity contribution in [2.75, 3.05) is 12.3 Å². The fourth-order valence-corrected chi connectivity index (χ4v) is 2.76. The average molecular weight is 273 g/mol. The molecule has 2 N–H and O–H groups in total. The van der Waals surface area contributed by atoms with E-state index in [2.05, 4.69) is 26.6 Å². The molecular formula is C13H15N5S. The zero-order valence-corrected chi connectivity index (χ0v) is 11.4. The summed E-state index contributed by atoms with van der Waals surface area (Å²) in [7, 11) is 0. The number of thioether (sulfide) groups is 1. The van der Waals surface area contributed by atoms with Crippen LogP contribution in [0.2, 0.25) is 0 Å². The van der Waals surface area contributed by atoms with E-state index in [9.17, 15) is 5.26 Å². The Labute approximate surface area is 116 Å². The Morgan fingerprint density at radius 2 is 2.21 bits per heavy atom. The summed E-state index contributed by atoms with van der Waals surface area (Å²) < 4.78 is 0. The summed E-state index contributed by atoms with van der Waals surface area (Å²) in [4.78, 5) is 4.07. The van der Waals surface area contributed by atoms with Crippen LogP contribution in [0.5, 0.6) is 0 Å². The van der Waals surface area contributed by atoms with E-state index in [1.165, 1.54) is 18.1 Å². The summed E-state index contributed by atoms with van der Waals surface area (Å²) >= 11 is 1.48. The zero-order valence-electron chi connectivity index (χ0n) is 10.6. The van der Waals surface area contributed by atoms with Crippen LogP contribution in [0.1, 0.15) is 12.5 Å². The Kier molecular flexibility index (Phi) is 4.55. The number of benzene rings is 1.